The molecule has 0 fully saturated rings. The van der Waals surface area contributed by atoms with Crippen molar-refractivity contribution in [2.75, 3.05) is 6.54 Å². The van der Waals surface area contributed by atoms with Crippen LogP contribution in [0.5, 0.6) is 0 Å². The van der Waals surface area contributed by atoms with Gasteiger partial charge in [0.05, 0.1) is 10.0 Å². The monoisotopic (exact) mass is 342 g/mol. The molecule has 0 bridgehead atoms. The fourth-order valence-electron chi connectivity index (χ4n) is 2.27. The van der Waals surface area contributed by atoms with E-state index in [1.807, 2.05) is 4.90 Å². The first-order valence-corrected chi connectivity index (χ1v) is 7.89. The minimum absolute atomic E-state index is 0.0237. The Hall–Kier alpha value is -1.10. The molecule has 112 valence electrons. The van der Waals surface area contributed by atoms with E-state index >= 15 is 0 Å². The van der Waals surface area contributed by atoms with E-state index in [4.69, 9.17) is 0 Å². The Morgan fingerprint density at radius 2 is 1.95 bits per heavy atom. The van der Waals surface area contributed by atoms with E-state index in [0.717, 1.165) is 19.4 Å². The molecule has 0 unspecified atom stereocenters. The van der Waals surface area contributed by atoms with Crippen molar-refractivity contribution in [1.82, 2.24) is 9.88 Å². The van der Waals surface area contributed by atoms with Crippen molar-refractivity contribution in [2.45, 2.75) is 46.6 Å². The Bertz CT molecular complexity index is 507. The molecular formula is C15H23BrN2O2. The summed E-state index contributed by atoms with van der Waals surface area (Å²) >= 11 is 3.17. The predicted octanol–water partition coefficient (Wildman–Crippen LogP) is 3.42. The van der Waals surface area contributed by atoms with Crippen LogP contribution in [-0.4, -0.2) is 28.4 Å². The zero-order valence-electron chi connectivity index (χ0n) is 12.6. The second-order valence-corrected chi connectivity index (χ2v) is 6.24. The van der Waals surface area contributed by atoms with E-state index in [2.05, 4.69) is 48.6 Å². The van der Waals surface area contributed by atoms with E-state index in [9.17, 15) is 9.59 Å². The molecule has 0 spiro atoms. The molecule has 20 heavy (non-hydrogen) atoms. The van der Waals surface area contributed by atoms with Gasteiger partial charge in [0.2, 0.25) is 0 Å². The van der Waals surface area contributed by atoms with Crippen LogP contribution in [0.25, 0.3) is 0 Å². The molecule has 0 radical (unpaired) electrons. The van der Waals surface area contributed by atoms with Crippen LogP contribution in [0.3, 0.4) is 0 Å². The Morgan fingerprint density at radius 1 is 1.35 bits per heavy atom. The van der Waals surface area contributed by atoms with Crippen molar-refractivity contribution in [3.8, 4) is 0 Å². The van der Waals surface area contributed by atoms with Gasteiger partial charge in [-0.05, 0) is 40.8 Å². The number of amides is 1. The summed E-state index contributed by atoms with van der Waals surface area (Å²) in [5, 5.41) is 0. The Labute approximate surface area is 128 Å². The van der Waals surface area contributed by atoms with E-state index in [1.165, 1.54) is 6.20 Å². The lowest BCUT2D eigenvalue weighted by Gasteiger charge is -2.32. The summed E-state index contributed by atoms with van der Waals surface area (Å²) < 4.78 is 0.386. The van der Waals surface area contributed by atoms with Crippen molar-refractivity contribution < 1.29 is 4.79 Å². The number of aromatic nitrogens is 1. The lowest BCUT2D eigenvalue weighted by Crippen LogP contribution is -2.42. The summed E-state index contributed by atoms with van der Waals surface area (Å²) in [5.74, 6) is 0.384. The van der Waals surface area contributed by atoms with Crippen molar-refractivity contribution in [1.29, 1.82) is 0 Å². The Kier molecular flexibility index (Phi) is 6.46. The Balaban J connectivity index is 3.08. The van der Waals surface area contributed by atoms with Gasteiger partial charge >= 0.3 is 0 Å². The van der Waals surface area contributed by atoms with Gasteiger partial charge in [0.25, 0.3) is 11.5 Å². The summed E-state index contributed by atoms with van der Waals surface area (Å²) in [6, 6.07) is 1.83. The number of aromatic amines is 1. The predicted molar refractivity (Wildman–Crippen MR) is 85.0 cm³/mol. The van der Waals surface area contributed by atoms with Crippen LogP contribution in [0, 0.1) is 5.92 Å². The average molecular weight is 343 g/mol. The van der Waals surface area contributed by atoms with Crippen molar-refractivity contribution in [3.63, 3.8) is 0 Å². The van der Waals surface area contributed by atoms with Gasteiger partial charge in [-0.1, -0.05) is 27.7 Å². The highest BCUT2D eigenvalue weighted by Crippen LogP contribution is 2.16. The fraction of sp³-hybridized carbons (Fsp3) is 0.600. The molecule has 1 aromatic heterocycles. The zero-order chi connectivity index (χ0) is 15.3. The van der Waals surface area contributed by atoms with Crippen LogP contribution in [0.15, 0.2) is 21.5 Å². The summed E-state index contributed by atoms with van der Waals surface area (Å²) in [6.45, 7) is 9.12. The Morgan fingerprint density at radius 3 is 2.40 bits per heavy atom. The highest BCUT2D eigenvalue weighted by Gasteiger charge is 2.23. The van der Waals surface area contributed by atoms with Crippen molar-refractivity contribution >= 4 is 21.8 Å². The summed E-state index contributed by atoms with van der Waals surface area (Å²) in [5.41, 5.74) is 0.295. The second-order valence-electron chi connectivity index (χ2n) is 5.39. The standard InChI is InChI=1S/C15H23BrN2O2/c1-5-12(6-2)18(9-10(3)4)15(20)11-7-13(16)14(19)17-8-11/h7-8,10,12H,5-6,9H2,1-4H3,(H,17,19). The van der Waals surface area contributed by atoms with Gasteiger partial charge < -0.3 is 9.88 Å². The van der Waals surface area contributed by atoms with Gasteiger partial charge in [-0.2, -0.15) is 0 Å². The van der Waals surface area contributed by atoms with Crippen molar-refractivity contribution in [2.24, 2.45) is 5.92 Å². The number of carbonyl (C=O) groups is 1. The first-order valence-electron chi connectivity index (χ1n) is 7.09. The first-order chi connectivity index (χ1) is 9.40. The molecule has 0 saturated heterocycles. The number of halogens is 1. The molecule has 0 saturated carbocycles. The van der Waals surface area contributed by atoms with Crippen LogP contribution >= 0.6 is 15.9 Å². The first kappa shape index (κ1) is 17.0. The molecule has 1 N–H and O–H groups in total. The number of nitrogens with one attached hydrogen (secondary N) is 1. The third kappa shape index (κ3) is 4.20. The number of hydrogen-bond donors (Lipinski definition) is 1. The average Bonchev–Trinajstić information content (AvgIpc) is 2.41. The lowest BCUT2D eigenvalue weighted by molar-refractivity contribution is 0.0639. The van der Waals surface area contributed by atoms with E-state index in [-0.39, 0.29) is 17.5 Å². The minimum Gasteiger partial charge on any atom is -0.335 e. The van der Waals surface area contributed by atoms with Crippen LogP contribution in [-0.2, 0) is 0 Å². The number of nitrogens with zero attached hydrogens (tertiary/aromatic N) is 1. The van der Waals surface area contributed by atoms with Crippen LogP contribution in [0.2, 0.25) is 0 Å². The molecule has 0 aliphatic heterocycles. The maximum atomic E-state index is 12.7. The maximum absolute atomic E-state index is 12.7. The molecule has 1 aromatic rings. The molecule has 0 aliphatic rings. The smallest absolute Gasteiger partial charge is 0.262 e. The topological polar surface area (TPSA) is 53.2 Å². The molecular weight excluding hydrogens is 320 g/mol. The molecule has 1 heterocycles. The van der Waals surface area contributed by atoms with Gasteiger partial charge in [-0.15, -0.1) is 0 Å². The van der Waals surface area contributed by atoms with Crippen LogP contribution < -0.4 is 5.56 Å². The SMILES string of the molecule is CCC(CC)N(CC(C)C)C(=O)c1c[nH]c(=O)c(Br)c1. The minimum atomic E-state index is -0.223. The summed E-state index contributed by atoms with van der Waals surface area (Å²) in [4.78, 5) is 28.6. The maximum Gasteiger partial charge on any atom is 0.262 e. The normalized spacial score (nSPS) is 11.2. The van der Waals surface area contributed by atoms with Crippen LogP contribution in [0.1, 0.15) is 50.9 Å². The highest BCUT2D eigenvalue weighted by atomic mass is 79.9. The van der Waals surface area contributed by atoms with Gasteiger partial charge in [0.1, 0.15) is 0 Å². The lowest BCUT2D eigenvalue weighted by atomic mass is 10.1. The highest BCUT2D eigenvalue weighted by molar-refractivity contribution is 9.10. The second kappa shape index (κ2) is 7.62. The quantitative estimate of drug-likeness (QED) is 0.860. The van der Waals surface area contributed by atoms with Crippen molar-refractivity contribution in [3.05, 3.63) is 32.7 Å². The number of pyridine rings is 1. The van der Waals surface area contributed by atoms with Gasteiger partial charge in [-0.3, -0.25) is 9.59 Å². The number of rotatable bonds is 6. The van der Waals surface area contributed by atoms with E-state index < -0.39 is 0 Å². The van der Waals surface area contributed by atoms with E-state index in [1.54, 1.807) is 6.07 Å². The summed E-state index contributed by atoms with van der Waals surface area (Å²) in [6.07, 6.45) is 3.35. The molecule has 0 aliphatic carbocycles. The van der Waals surface area contributed by atoms with Crippen LogP contribution in [0.4, 0.5) is 0 Å². The molecule has 0 atom stereocenters. The largest absolute Gasteiger partial charge is 0.335 e. The molecule has 4 nitrogen and oxygen atoms in total. The summed E-state index contributed by atoms with van der Waals surface area (Å²) in [7, 11) is 0. The number of hydrogen-bond acceptors (Lipinski definition) is 2. The van der Waals surface area contributed by atoms with Gasteiger partial charge in [-0.25, -0.2) is 0 Å². The number of carbonyl (C=O) groups excluding carboxylic acids is 1. The molecule has 1 amide bonds. The number of H-pyrrole nitrogens is 1. The molecule has 1 rings (SSSR count). The third-order valence-electron chi connectivity index (χ3n) is 3.31. The third-order valence-corrected chi connectivity index (χ3v) is 3.90. The van der Waals surface area contributed by atoms with Gasteiger partial charge in [0.15, 0.2) is 0 Å². The van der Waals surface area contributed by atoms with E-state index in [0.29, 0.717) is 16.0 Å². The van der Waals surface area contributed by atoms with Gasteiger partial charge in [0, 0.05) is 18.8 Å². The zero-order valence-corrected chi connectivity index (χ0v) is 14.2. The molecule has 0 aromatic carbocycles. The molecule has 5 heteroatoms. The fourth-order valence-corrected chi connectivity index (χ4v) is 2.63.